The molecule has 20 heavy (non-hydrogen) atoms. The molecule has 0 bridgehead atoms. The van der Waals surface area contributed by atoms with Gasteiger partial charge in [-0.15, -0.1) is 0 Å². The van der Waals surface area contributed by atoms with Crippen molar-refractivity contribution in [3.05, 3.63) is 23.3 Å². The molecule has 0 aliphatic carbocycles. The highest BCUT2D eigenvalue weighted by molar-refractivity contribution is 5.52. The van der Waals surface area contributed by atoms with Gasteiger partial charge in [-0.2, -0.15) is 13.2 Å². The summed E-state index contributed by atoms with van der Waals surface area (Å²) >= 11 is 0. The van der Waals surface area contributed by atoms with Crippen LogP contribution in [0.3, 0.4) is 0 Å². The molecule has 0 spiro atoms. The number of methoxy groups -OCH3 is 2. The Balaban J connectivity index is 2.46. The van der Waals surface area contributed by atoms with Crippen LogP contribution in [0.1, 0.15) is 24.0 Å². The van der Waals surface area contributed by atoms with Gasteiger partial charge in [-0.05, 0) is 37.9 Å². The number of rotatable bonds is 4. The zero-order valence-corrected chi connectivity index (χ0v) is 11.5. The maximum atomic E-state index is 13.2. The van der Waals surface area contributed by atoms with Gasteiger partial charge in [0.2, 0.25) is 0 Å². The van der Waals surface area contributed by atoms with Crippen LogP contribution in [0.25, 0.3) is 0 Å². The van der Waals surface area contributed by atoms with Crippen molar-refractivity contribution in [3.63, 3.8) is 0 Å². The van der Waals surface area contributed by atoms with Crippen molar-refractivity contribution in [2.24, 2.45) is 0 Å². The average Bonchev–Trinajstić information content (AvgIpc) is 2.89. The van der Waals surface area contributed by atoms with E-state index in [1.807, 2.05) is 0 Å². The summed E-state index contributed by atoms with van der Waals surface area (Å²) in [4.78, 5) is 0. The van der Waals surface area contributed by atoms with Crippen LogP contribution < -0.4 is 14.8 Å². The van der Waals surface area contributed by atoms with Crippen molar-refractivity contribution in [2.45, 2.75) is 31.5 Å². The summed E-state index contributed by atoms with van der Waals surface area (Å²) in [7, 11) is 2.78. The standard InChI is InChI=1S/C14H18F3NO2/c1-19-12-6-5-11(14(15,16)17)10(13(12)20-2)8-9-4-3-7-18-9/h5-6,9,18H,3-4,7-8H2,1-2H3. The van der Waals surface area contributed by atoms with Crippen LogP contribution in [-0.2, 0) is 12.6 Å². The predicted molar refractivity (Wildman–Crippen MR) is 69.3 cm³/mol. The molecule has 0 radical (unpaired) electrons. The second-order valence-corrected chi connectivity index (χ2v) is 4.82. The van der Waals surface area contributed by atoms with Gasteiger partial charge in [0.15, 0.2) is 11.5 Å². The molecular weight excluding hydrogens is 271 g/mol. The van der Waals surface area contributed by atoms with E-state index in [9.17, 15) is 13.2 Å². The Morgan fingerprint density at radius 3 is 2.50 bits per heavy atom. The lowest BCUT2D eigenvalue weighted by Crippen LogP contribution is -2.25. The van der Waals surface area contributed by atoms with Crippen molar-refractivity contribution in [1.29, 1.82) is 0 Å². The van der Waals surface area contributed by atoms with Crippen LogP contribution in [0.15, 0.2) is 12.1 Å². The smallest absolute Gasteiger partial charge is 0.416 e. The van der Waals surface area contributed by atoms with Gasteiger partial charge < -0.3 is 14.8 Å². The van der Waals surface area contributed by atoms with Gasteiger partial charge in [-0.1, -0.05) is 0 Å². The molecule has 1 heterocycles. The summed E-state index contributed by atoms with van der Waals surface area (Å²) in [5.41, 5.74) is -0.484. The molecule has 1 unspecified atom stereocenters. The van der Waals surface area contributed by atoms with E-state index in [0.29, 0.717) is 5.75 Å². The fraction of sp³-hybridized carbons (Fsp3) is 0.571. The second-order valence-electron chi connectivity index (χ2n) is 4.82. The van der Waals surface area contributed by atoms with Gasteiger partial charge in [0.1, 0.15) is 0 Å². The third kappa shape index (κ3) is 3.00. The lowest BCUT2D eigenvalue weighted by Gasteiger charge is -2.20. The summed E-state index contributed by atoms with van der Waals surface area (Å²) < 4.78 is 49.7. The molecule has 1 aromatic rings. The van der Waals surface area contributed by atoms with Crippen molar-refractivity contribution in [1.82, 2.24) is 5.32 Å². The minimum Gasteiger partial charge on any atom is -0.493 e. The van der Waals surface area contributed by atoms with Gasteiger partial charge in [-0.3, -0.25) is 0 Å². The molecule has 0 amide bonds. The van der Waals surface area contributed by atoms with Crippen LogP contribution in [0.2, 0.25) is 0 Å². The molecule has 1 saturated heterocycles. The van der Waals surface area contributed by atoms with E-state index in [1.54, 1.807) is 0 Å². The first-order valence-electron chi connectivity index (χ1n) is 6.51. The van der Waals surface area contributed by atoms with Gasteiger partial charge in [0.05, 0.1) is 19.8 Å². The van der Waals surface area contributed by atoms with Crippen LogP contribution in [-0.4, -0.2) is 26.8 Å². The van der Waals surface area contributed by atoms with Gasteiger partial charge in [-0.25, -0.2) is 0 Å². The lowest BCUT2D eigenvalue weighted by molar-refractivity contribution is -0.138. The number of nitrogens with one attached hydrogen (secondary N) is 1. The van der Waals surface area contributed by atoms with E-state index >= 15 is 0 Å². The molecule has 1 atom stereocenters. The molecule has 0 aromatic heterocycles. The van der Waals surface area contributed by atoms with E-state index in [1.165, 1.54) is 20.3 Å². The van der Waals surface area contributed by atoms with Gasteiger partial charge in [0, 0.05) is 11.6 Å². The first kappa shape index (κ1) is 15.0. The highest BCUT2D eigenvalue weighted by atomic mass is 19.4. The summed E-state index contributed by atoms with van der Waals surface area (Å²) in [6.07, 6.45) is -2.25. The molecule has 6 heteroatoms. The number of hydrogen-bond donors (Lipinski definition) is 1. The van der Waals surface area contributed by atoms with Crippen molar-refractivity contribution < 1.29 is 22.6 Å². The van der Waals surface area contributed by atoms with Crippen LogP contribution >= 0.6 is 0 Å². The Bertz CT molecular complexity index is 468. The Morgan fingerprint density at radius 1 is 1.25 bits per heavy atom. The molecule has 1 N–H and O–H groups in total. The zero-order chi connectivity index (χ0) is 14.8. The Morgan fingerprint density at radius 2 is 2.00 bits per heavy atom. The quantitative estimate of drug-likeness (QED) is 0.924. The molecule has 1 fully saturated rings. The van der Waals surface area contributed by atoms with Crippen molar-refractivity contribution in [2.75, 3.05) is 20.8 Å². The minimum atomic E-state index is -4.40. The first-order chi connectivity index (χ1) is 9.47. The molecule has 1 aliphatic rings. The number of ether oxygens (including phenoxy) is 2. The Hall–Kier alpha value is -1.43. The number of halogens is 3. The molecule has 0 saturated carbocycles. The SMILES string of the molecule is COc1ccc(C(F)(F)F)c(CC2CCCN2)c1OC. The van der Waals surface area contributed by atoms with E-state index in [-0.39, 0.29) is 23.8 Å². The number of alkyl halides is 3. The molecule has 1 aromatic carbocycles. The normalized spacial score (nSPS) is 19.1. The predicted octanol–water partition coefficient (Wildman–Crippen LogP) is 3.02. The maximum absolute atomic E-state index is 13.2. The third-order valence-electron chi connectivity index (χ3n) is 3.57. The minimum absolute atomic E-state index is 0.0529. The number of hydrogen-bond acceptors (Lipinski definition) is 3. The highest BCUT2D eigenvalue weighted by Gasteiger charge is 2.36. The summed E-state index contributed by atoms with van der Waals surface area (Å²) in [5, 5.41) is 3.21. The fourth-order valence-electron chi connectivity index (χ4n) is 2.64. The Kier molecular flexibility index (Phi) is 4.42. The van der Waals surface area contributed by atoms with Gasteiger partial charge >= 0.3 is 6.18 Å². The van der Waals surface area contributed by atoms with Crippen LogP contribution in [0.4, 0.5) is 13.2 Å². The number of benzene rings is 1. The van der Waals surface area contributed by atoms with Gasteiger partial charge in [0.25, 0.3) is 0 Å². The van der Waals surface area contributed by atoms with E-state index in [2.05, 4.69) is 5.32 Å². The molecule has 112 valence electrons. The zero-order valence-electron chi connectivity index (χ0n) is 11.5. The Labute approximate surface area is 116 Å². The molecular formula is C14H18F3NO2. The van der Waals surface area contributed by atoms with Crippen LogP contribution in [0, 0.1) is 0 Å². The van der Waals surface area contributed by atoms with E-state index in [4.69, 9.17) is 9.47 Å². The monoisotopic (exact) mass is 289 g/mol. The second kappa shape index (κ2) is 5.91. The topological polar surface area (TPSA) is 30.5 Å². The lowest BCUT2D eigenvalue weighted by atomic mass is 9.97. The highest BCUT2D eigenvalue weighted by Crippen LogP contribution is 2.41. The summed E-state index contributed by atoms with van der Waals surface area (Å²) in [6, 6.07) is 2.41. The van der Waals surface area contributed by atoms with E-state index in [0.717, 1.165) is 25.5 Å². The van der Waals surface area contributed by atoms with E-state index < -0.39 is 11.7 Å². The third-order valence-corrected chi connectivity index (χ3v) is 3.57. The summed E-state index contributed by atoms with van der Waals surface area (Å²) in [5.74, 6) is 0.504. The maximum Gasteiger partial charge on any atom is 0.416 e. The largest absolute Gasteiger partial charge is 0.493 e. The summed E-state index contributed by atoms with van der Waals surface area (Å²) in [6.45, 7) is 0.846. The van der Waals surface area contributed by atoms with Crippen molar-refractivity contribution in [3.8, 4) is 11.5 Å². The first-order valence-corrected chi connectivity index (χ1v) is 6.51. The average molecular weight is 289 g/mol. The molecule has 3 nitrogen and oxygen atoms in total. The van der Waals surface area contributed by atoms with Crippen LogP contribution in [0.5, 0.6) is 11.5 Å². The molecule has 1 aliphatic heterocycles. The fourth-order valence-corrected chi connectivity index (χ4v) is 2.64. The van der Waals surface area contributed by atoms with Crippen molar-refractivity contribution >= 4 is 0 Å². The molecule has 2 rings (SSSR count).